The van der Waals surface area contributed by atoms with Gasteiger partial charge in [-0.25, -0.2) is 0 Å². The number of hydrogen-bond donors (Lipinski definition) is 1. The van der Waals surface area contributed by atoms with Gasteiger partial charge in [0.15, 0.2) is 0 Å². The standard InChI is InChI=1S/C17H18N2O3/c1-17(2,3)13-8-9-16(20)14(10-13)18-11-12-6-4-5-7-15(12)19(21)22/h4-11,20H,1-3H3. The molecule has 5 nitrogen and oxygen atoms in total. The summed E-state index contributed by atoms with van der Waals surface area (Å²) in [5.41, 5.74) is 1.73. The fourth-order valence-electron chi connectivity index (χ4n) is 2.00. The van der Waals surface area contributed by atoms with Gasteiger partial charge in [-0.05, 0) is 29.2 Å². The van der Waals surface area contributed by atoms with Crippen molar-refractivity contribution in [3.8, 4) is 5.75 Å². The molecule has 22 heavy (non-hydrogen) atoms. The minimum Gasteiger partial charge on any atom is -0.506 e. The van der Waals surface area contributed by atoms with E-state index in [-0.39, 0.29) is 16.9 Å². The third kappa shape index (κ3) is 3.49. The monoisotopic (exact) mass is 298 g/mol. The number of nitro benzene ring substituents is 1. The topological polar surface area (TPSA) is 75.7 Å². The number of nitro groups is 1. The Balaban J connectivity index is 2.41. The number of hydrogen-bond acceptors (Lipinski definition) is 4. The lowest BCUT2D eigenvalue weighted by molar-refractivity contribution is -0.385. The van der Waals surface area contributed by atoms with E-state index in [2.05, 4.69) is 25.8 Å². The van der Waals surface area contributed by atoms with Gasteiger partial charge in [-0.2, -0.15) is 0 Å². The number of para-hydroxylation sites is 1. The molecule has 0 spiro atoms. The Morgan fingerprint density at radius 3 is 2.50 bits per heavy atom. The molecular weight excluding hydrogens is 280 g/mol. The lowest BCUT2D eigenvalue weighted by atomic mass is 9.87. The van der Waals surface area contributed by atoms with Crippen LogP contribution in [0.5, 0.6) is 5.75 Å². The molecule has 0 bridgehead atoms. The van der Waals surface area contributed by atoms with Gasteiger partial charge in [-0.1, -0.05) is 39.0 Å². The van der Waals surface area contributed by atoms with Gasteiger partial charge in [0, 0.05) is 12.3 Å². The number of aliphatic imine (C=N–C) groups is 1. The zero-order valence-corrected chi connectivity index (χ0v) is 12.8. The van der Waals surface area contributed by atoms with E-state index in [4.69, 9.17) is 0 Å². The van der Waals surface area contributed by atoms with Crippen molar-refractivity contribution in [1.82, 2.24) is 0 Å². The third-order valence-corrected chi connectivity index (χ3v) is 3.32. The summed E-state index contributed by atoms with van der Waals surface area (Å²) in [5.74, 6) is 0.0443. The van der Waals surface area contributed by atoms with E-state index in [1.807, 2.05) is 6.07 Å². The van der Waals surface area contributed by atoms with Crippen LogP contribution in [0, 0.1) is 10.1 Å². The fraction of sp³-hybridized carbons (Fsp3) is 0.235. The molecule has 0 aromatic heterocycles. The Bertz CT molecular complexity index is 731. The quantitative estimate of drug-likeness (QED) is 0.520. The van der Waals surface area contributed by atoms with E-state index in [0.717, 1.165) is 5.56 Å². The molecule has 0 radical (unpaired) electrons. The second kappa shape index (κ2) is 5.97. The molecule has 5 heteroatoms. The van der Waals surface area contributed by atoms with Crippen LogP contribution in [-0.2, 0) is 5.41 Å². The number of aromatic hydroxyl groups is 1. The normalized spacial score (nSPS) is 11.8. The largest absolute Gasteiger partial charge is 0.506 e. The maximum Gasteiger partial charge on any atom is 0.278 e. The lowest BCUT2D eigenvalue weighted by Gasteiger charge is -2.19. The van der Waals surface area contributed by atoms with Crippen LogP contribution in [0.15, 0.2) is 47.5 Å². The summed E-state index contributed by atoms with van der Waals surface area (Å²) in [4.78, 5) is 14.7. The average Bonchev–Trinajstić information content (AvgIpc) is 2.45. The molecule has 114 valence electrons. The van der Waals surface area contributed by atoms with Crippen molar-refractivity contribution in [1.29, 1.82) is 0 Å². The van der Waals surface area contributed by atoms with Crippen LogP contribution >= 0.6 is 0 Å². The highest BCUT2D eigenvalue weighted by Crippen LogP contribution is 2.32. The van der Waals surface area contributed by atoms with E-state index >= 15 is 0 Å². The molecule has 0 heterocycles. The van der Waals surface area contributed by atoms with Gasteiger partial charge in [0.05, 0.1) is 10.5 Å². The molecular formula is C17H18N2O3. The highest BCUT2D eigenvalue weighted by molar-refractivity contribution is 5.87. The van der Waals surface area contributed by atoms with Gasteiger partial charge < -0.3 is 5.11 Å². The third-order valence-electron chi connectivity index (χ3n) is 3.32. The van der Waals surface area contributed by atoms with Gasteiger partial charge >= 0.3 is 0 Å². The molecule has 0 fully saturated rings. The Morgan fingerprint density at radius 2 is 1.86 bits per heavy atom. The molecule has 2 aromatic carbocycles. The van der Waals surface area contributed by atoms with Gasteiger partial charge in [-0.3, -0.25) is 15.1 Å². The first-order chi connectivity index (χ1) is 10.3. The molecule has 0 saturated heterocycles. The van der Waals surface area contributed by atoms with Gasteiger partial charge in [0.1, 0.15) is 11.4 Å². The SMILES string of the molecule is CC(C)(C)c1ccc(O)c(N=Cc2ccccc2[N+](=O)[O-])c1. The van der Waals surface area contributed by atoms with Crippen molar-refractivity contribution in [3.63, 3.8) is 0 Å². The second-order valence-corrected chi connectivity index (χ2v) is 6.03. The molecule has 0 aliphatic heterocycles. The van der Waals surface area contributed by atoms with E-state index in [1.165, 1.54) is 12.3 Å². The van der Waals surface area contributed by atoms with E-state index in [0.29, 0.717) is 11.3 Å². The summed E-state index contributed by atoms with van der Waals surface area (Å²) >= 11 is 0. The van der Waals surface area contributed by atoms with Crippen LogP contribution in [0.1, 0.15) is 31.9 Å². The molecule has 0 aliphatic rings. The van der Waals surface area contributed by atoms with Crippen molar-refractivity contribution in [3.05, 3.63) is 63.7 Å². The molecule has 0 saturated carbocycles. The van der Waals surface area contributed by atoms with Crippen LogP contribution in [0.3, 0.4) is 0 Å². The summed E-state index contributed by atoms with van der Waals surface area (Å²) in [6.45, 7) is 6.19. The van der Waals surface area contributed by atoms with E-state index in [9.17, 15) is 15.2 Å². The predicted molar refractivity (Wildman–Crippen MR) is 87.2 cm³/mol. The van der Waals surface area contributed by atoms with Gasteiger partial charge in [-0.15, -0.1) is 0 Å². The molecule has 0 amide bonds. The number of benzene rings is 2. The summed E-state index contributed by atoms with van der Waals surface area (Å²) in [6.07, 6.45) is 1.40. The second-order valence-electron chi connectivity index (χ2n) is 6.03. The minimum atomic E-state index is -0.452. The fourth-order valence-corrected chi connectivity index (χ4v) is 2.00. The Labute approximate surface area is 129 Å². The predicted octanol–water partition coefficient (Wildman–Crippen LogP) is 4.35. The maximum atomic E-state index is 11.0. The zero-order chi connectivity index (χ0) is 16.3. The molecule has 0 atom stereocenters. The first-order valence-electron chi connectivity index (χ1n) is 6.90. The average molecular weight is 298 g/mol. The summed E-state index contributed by atoms with van der Waals surface area (Å²) in [6, 6.07) is 11.6. The van der Waals surface area contributed by atoms with E-state index < -0.39 is 4.92 Å². The number of rotatable bonds is 3. The van der Waals surface area contributed by atoms with Crippen molar-refractivity contribution in [2.75, 3.05) is 0 Å². The van der Waals surface area contributed by atoms with Crippen molar-refractivity contribution in [2.45, 2.75) is 26.2 Å². The van der Waals surface area contributed by atoms with Crippen LogP contribution < -0.4 is 0 Å². The summed E-state index contributed by atoms with van der Waals surface area (Å²) in [7, 11) is 0. The molecule has 1 N–H and O–H groups in total. The lowest BCUT2D eigenvalue weighted by Crippen LogP contribution is -2.10. The van der Waals surface area contributed by atoms with Crippen molar-refractivity contribution < 1.29 is 10.0 Å². The zero-order valence-electron chi connectivity index (χ0n) is 12.8. The highest BCUT2D eigenvalue weighted by atomic mass is 16.6. The smallest absolute Gasteiger partial charge is 0.278 e. The van der Waals surface area contributed by atoms with Crippen LogP contribution in [0.4, 0.5) is 11.4 Å². The first-order valence-corrected chi connectivity index (χ1v) is 6.90. The van der Waals surface area contributed by atoms with Gasteiger partial charge in [0.2, 0.25) is 0 Å². The Hall–Kier alpha value is -2.69. The molecule has 0 aliphatic carbocycles. The molecule has 2 rings (SSSR count). The first kappa shape index (κ1) is 15.7. The minimum absolute atomic E-state index is 0.0160. The van der Waals surface area contributed by atoms with Crippen LogP contribution in [0.25, 0.3) is 0 Å². The summed E-state index contributed by atoms with van der Waals surface area (Å²) in [5, 5.41) is 20.9. The van der Waals surface area contributed by atoms with Crippen molar-refractivity contribution >= 4 is 17.6 Å². The Morgan fingerprint density at radius 1 is 1.18 bits per heavy atom. The van der Waals surface area contributed by atoms with Crippen LogP contribution in [-0.4, -0.2) is 16.2 Å². The number of phenolic OH excluding ortho intramolecular Hbond substituents is 1. The summed E-state index contributed by atoms with van der Waals surface area (Å²) < 4.78 is 0. The van der Waals surface area contributed by atoms with E-state index in [1.54, 1.807) is 30.3 Å². The Kier molecular flexibility index (Phi) is 4.26. The molecule has 0 unspecified atom stereocenters. The van der Waals surface area contributed by atoms with Crippen LogP contribution in [0.2, 0.25) is 0 Å². The van der Waals surface area contributed by atoms with Crippen molar-refractivity contribution in [2.24, 2.45) is 4.99 Å². The maximum absolute atomic E-state index is 11.0. The highest BCUT2D eigenvalue weighted by Gasteiger charge is 2.15. The number of nitrogens with zero attached hydrogens (tertiary/aromatic N) is 2. The number of phenols is 1. The van der Waals surface area contributed by atoms with Gasteiger partial charge in [0.25, 0.3) is 5.69 Å². The molecule has 2 aromatic rings.